The Morgan fingerprint density at radius 1 is 1.43 bits per heavy atom. The minimum absolute atomic E-state index is 0.0674. The predicted octanol–water partition coefficient (Wildman–Crippen LogP) is 2.57. The van der Waals surface area contributed by atoms with Gasteiger partial charge in [0.05, 0.1) is 0 Å². The molecule has 1 atom stereocenters. The number of Topliss-reactive ketones (excluding diaryl/α,β-unsaturated/α-hetero) is 1. The first-order chi connectivity index (χ1) is 11.0. The molecule has 1 unspecified atom stereocenters. The van der Waals surface area contributed by atoms with Gasteiger partial charge in [-0.3, -0.25) is 4.79 Å². The molecule has 1 aromatic carbocycles. The van der Waals surface area contributed by atoms with Crippen LogP contribution in [0.2, 0.25) is 0 Å². The number of carboxylic acids is 1. The molecule has 1 rings (SSSR count). The highest BCUT2D eigenvalue weighted by molar-refractivity contribution is 6.02. The molecular formula is C14H14N4O5. The summed E-state index contributed by atoms with van der Waals surface area (Å²) in [7, 11) is 0. The number of aliphatic carboxylic acids is 1. The Morgan fingerprint density at radius 3 is 2.74 bits per heavy atom. The van der Waals surface area contributed by atoms with Crippen molar-refractivity contribution < 1.29 is 24.2 Å². The first kappa shape index (κ1) is 17.7. The van der Waals surface area contributed by atoms with E-state index in [0.717, 1.165) is 0 Å². The SMILES string of the molecule is C=CCOC(=O)NC(CC(=O)c1ccccc1N=[N+]=[N-])C(=O)O. The molecule has 0 spiro atoms. The van der Waals surface area contributed by atoms with Crippen LogP contribution < -0.4 is 5.32 Å². The highest BCUT2D eigenvalue weighted by Gasteiger charge is 2.25. The van der Waals surface area contributed by atoms with E-state index in [2.05, 4.69) is 26.7 Å². The number of ketones is 1. The number of nitrogens with zero attached hydrogens (tertiary/aromatic N) is 3. The number of benzene rings is 1. The molecule has 23 heavy (non-hydrogen) atoms. The normalized spacial score (nSPS) is 10.8. The second-order valence-electron chi connectivity index (χ2n) is 4.26. The van der Waals surface area contributed by atoms with Crippen molar-refractivity contribution in [2.24, 2.45) is 5.11 Å². The predicted molar refractivity (Wildman–Crippen MR) is 80.3 cm³/mol. The van der Waals surface area contributed by atoms with Gasteiger partial charge in [-0.2, -0.15) is 0 Å². The number of amides is 1. The van der Waals surface area contributed by atoms with Gasteiger partial charge in [-0.25, -0.2) is 9.59 Å². The lowest BCUT2D eigenvalue weighted by atomic mass is 10.0. The summed E-state index contributed by atoms with van der Waals surface area (Å²) in [5, 5.41) is 14.5. The maximum absolute atomic E-state index is 12.2. The van der Waals surface area contributed by atoms with Crippen LogP contribution in [0.15, 0.2) is 42.0 Å². The van der Waals surface area contributed by atoms with Gasteiger partial charge < -0.3 is 15.2 Å². The molecule has 1 amide bonds. The molecule has 0 saturated carbocycles. The molecule has 0 heterocycles. The fraction of sp³-hybridized carbons (Fsp3) is 0.214. The van der Waals surface area contributed by atoms with Gasteiger partial charge in [-0.05, 0) is 5.53 Å². The van der Waals surface area contributed by atoms with E-state index in [0.29, 0.717) is 0 Å². The molecule has 9 heteroatoms. The lowest BCUT2D eigenvalue weighted by molar-refractivity contribution is -0.139. The smallest absolute Gasteiger partial charge is 0.408 e. The minimum atomic E-state index is -1.47. The molecule has 0 aromatic heterocycles. The van der Waals surface area contributed by atoms with E-state index in [1.807, 2.05) is 0 Å². The third-order valence-corrected chi connectivity index (χ3v) is 2.67. The van der Waals surface area contributed by atoms with Crippen molar-refractivity contribution in [3.05, 3.63) is 52.9 Å². The fourth-order valence-electron chi connectivity index (χ4n) is 1.66. The van der Waals surface area contributed by atoms with Crippen molar-refractivity contribution in [2.75, 3.05) is 6.61 Å². The van der Waals surface area contributed by atoms with Crippen LogP contribution in [-0.2, 0) is 9.53 Å². The van der Waals surface area contributed by atoms with Crippen molar-refractivity contribution >= 4 is 23.5 Å². The maximum Gasteiger partial charge on any atom is 0.408 e. The van der Waals surface area contributed by atoms with E-state index < -0.39 is 30.3 Å². The van der Waals surface area contributed by atoms with Gasteiger partial charge in [-0.15, -0.1) is 0 Å². The van der Waals surface area contributed by atoms with Crippen LogP contribution in [0, 0.1) is 0 Å². The van der Waals surface area contributed by atoms with Crippen LogP contribution in [0.1, 0.15) is 16.8 Å². The monoisotopic (exact) mass is 318 g/mol. The van der Waals surface area contributed by atoms with Crippen molar-refractivity contribution in [3.8, 4) is 0 Å². The topological polar surface area (TPSA) is 141 Å². The number of rotatable bonds is 8. The van der Waals surface area contributed by atoms with Gasteiger partial charge in [0.1, 0.15) is 12.6 Å². The lowest BCUT2D eigenvalue weighted by Gasteiger charge is -2.14. The summed E-state index contributed by atoms with van der Waals surface area (Å²) in [5.41, 5.74) is 8.62. The van der Waals surface area contributed by atoms with Gasteiger partial charge in [0, 0.05) is 22.6 Å². The van der Waals surface area contributed by atoms with Crippen LogP contribution in [0.5, 0.6) is 0 Å². The van der Waals surface area contributed by atoms with Crippen molar-refractivity contribution in [2.45, 2.75) is 12.5 Å². The number of carboxylic acid groups (broad SMARTS) is 1. The fourth-order valence-corrected chi connectivity index (χ4v) is 1.66. The summed E-state index contributed by atoms with van der Waals surface area (Å²) in [4.78, 5) is 37.3. The Balaban J connectivity index is 2.86. The average Bonchev–Trinajstić information content (AvgIpc) is 2.52. The maximum atomic E-state index is 12.2. The molecule has 2 N–H and O–H groups in total. The Morgan fingerprint density at radius 2 is 2.13 bits per heavy atom. The number of hydrogen-bond donors (Lipinski definition) is 2. The largest absolute Gasteiger partial charge is 0.480 e. The van der Waals surface area contributed by atoms with Crippen molar-refractivity contribution in [3.63, 3.8) is 0 Å². The van der Waals surface area contributed by atoms with Gasteiger partial charge in [0.15, 0.2) is 5.78 Å². The molecular weight excluding hydrogens is 304 g/mol. The molecule has 0 aliphatic rings. The summed E-state index contributed by atoms with van der Waals surface area (Å²) in [6, 6.07) is 4.47. The number of hydrogen-bond acceptors (Lipinski definition) is 5. The first-order valence-corrected chi connectivity index (χ1v) is 6.44. The molecule has 120 valence electrons. The van der Waals surface area contributed by atoms with E-state index in [4.69, 9.17) is 10.6 Å². The highest BCUT2D eigenvalue weighted by Crippen LogP contribution is 2.21. The molecule has 1 aromatic rings. The zero-order valence-corrected chi connectivity index (χ0v) is 12.0. The highest BCUT2D eigenvalue weighted by atomic mass is 16.5. The minimum Gasteiger partial charge on any atom is -0.480 e. The summed E-state index contributed by atoms with van der Waals surface area (Å²) in [6.45, 7) is 3.26. The van der Waals surface area contributed by atoms with Crippen LogP contribution in [0.25, 0.3) is 10.4 Å². The number of azide groups is 1. The molecule has 0 aliphatic heterocycles. The standard InChI is InChI=1S/C14H14N4O5/c1-2-7-23-14(22)16-11(13(20)21)8-12(19)9-5-3-4-6-10(9)17-18-15/h2-6,11H,1,7-8H2,(H,16,22)(H,20,21). The number of carbonyl (C=O) groups is 3. The Kier molecular flexibility index (Phi) is 6.83. The summed E-state index contributed by atoms with van der Waals surface area (Å²) in [6.07, 6.45) is -0.180. The third-order valence-electron chi connectivity index (χ3n) is 2.67. The molecule has 0 aliphatic carbocycles. The lowest BCUT2D eigenvalue weighted by Crippen LogP contribution is -2.42. The van der Waals surface area contributed by atoms with E-state index in [-0.39, 0.29) is 17.9 Å². The van der Waals surface area contributed by atoms with Crippen LogP contribution in [0.4, 0.5) is 10.5 Å². The summed E-state index contributed by atoms with van der Waals surface area (Å²) in [5.74, 6) is -1.99. The van der Waals surface area contributed by atoms with Gasteiger partial charge in [0.25, 0.3) is 0 Å². The van der Waals surface area contributed by atoms with Crippen molar-refractivity contribution in [1.82, 2.24) is 5.32 Å². The van der Waals surface area contributed by atoms with Crippen molar-refractivity contribution in [1.29, 1.82) is 0 Å². The van der Waals surface area contributed by atoms with E-state index >= 15 is 0 Å². The second kappa shape index (κ2) is 8.85. The van der Waals surface area contributed by atoms with Crippen LogP contribution in [-0.4, -0.2) is 35.6 Å². The summed E-state index contributed by atoms with van der Waals surface area (Å²) < 4.78 is 4.61. The Hall–Kier alpha value is -3.32. The number of ether oxygens (including phenoxy) is 1. The third kappa shape index (κ3) is 5.52. The second-order valence-corrected chi connectivity index (χ2v) is 4.26. The zero-order valence-electron chi connectivity index (χ0n) is 12.0. The number of alkyl carbamates (subject to hydrolysis) is 1. The van der Waals surface area contributed by atoms with Gasteiger partial charge >= 0.3 is 12.1 Å². The van der Waals surface area contributed by atoms with Gasteiger partial charge in [0.2, 0.25) is 0 Å². The zero-order chi connectivity index (χ0) is 17.2. The van der Waals surface area contributed by atoms with E-state index in [9.17, 15) is 14.4 Å². The quantitative estimate of drug-likeness (QED) is 0.249. The molecule has 0 fully saturated rings. The first-order valence-electron chi connectivity index (χ1n) is 6.44. The van der Waals surface area contributed by atoms with Crippen LogP contribution in [0.3, 0.4) is 0 Å². The van der Waals surface area contributed by atoms with E-state index in [1.165, 1.54) is 18.2 Å². The molecule has 0 radical (unpaired) electrons. The molecule has 9 nitrogen and oxygen atoms in total. The molecule has 0 bridgehead atoms. The summed E-state index contributed by atoms with van der Waals surface area (Å²) >= 11 is 0. The number of carbonyl (C=O) groups excluding carboxylic acids is 2. The number of nitrogens with one attached hydrogen (secondary N) is 1. The van der Waals surface area contributed by atoms with E-state index in [1.54, 1.807) is 12.1 Å². The Labute approximate surface area is 131 Å². The van der Waals surface area contributed by atoms with Gasteiger partial charge in [-0.1, -0.05) is 42.0 Å². The molecule has 0 saturated heterocycles. The van der Waals surface area contributed by atoms with Crippen LogP contribution >= 0.6 is 0 Å². The Bertz CT molecular complexity index is 667. The average molecular weight is 318 g/mol.